The number of sulfone groups is 1. The molecule has 0 saturated carbocycles. The molecule has 1 N–H and O–H groups in total. The molecule has 2 atom stereocenters. The third-order valence-corrected chi connectivity index (χ3v) is 5.56. The minimum absolute atomic E-state index is 0.0660. The van der Waals surface area contributed by atoms with Crippen molar-refractivity contribution in [3.8, 4) is 0 Å². The van der Waals surface area contributed by atoms with E-state index >= 15 is 0 Å². The van der Waals surface area contributed by atoms with E-state index in [4.69, 9.17) is 0 Å². The lowest BCUT2D eigenvalue weighted by atomic mass is 10.0. The Hall–Kier alpha value is -0.390. The van der Waals surface area contributed by atoms with Crippen LogP contribution >= 0.6 is 15.9 Å². The van der Waals surface area contributed by atoms with Gasteiger partial charge < -0.3 is 5.32 Å². The van der Waals surface area contributed by atoms with Crippen LogP contribution in [0, 0.1) is 0 Å². The van der Waals surface area contributed by atoms with Crippen LogP contribution in [-0.4, -0.2) is 32.5 Å². The maximum absolute atomic E-state index is 11.7. The lowest BCUT2D eigenvalue weighted by Gasteiger charge is -2.24. The van der Waals surface area contributed by atoms with Crippen LogP contribution in [0.25, 0.3) is 0 Å². The van der Waals surface area contributed by atoms with E-state index in [2.05, 4.69) is 21.2 Å². The van der Waals surface area contributed by atoms with Crippen molar-refractivity contribution in [1.82, 2.24) is 5.32 Å². The van der Waals surface area contributed by atoms with Gasteiger partial charge in [0.1, 0.15) is 0 Å². The number of benzene rings is 1. The van der Waals surface area contributed by atoms with Gasteiger partial charge in [0.25, 0.3) is 0 Å². The molecule has 3 nitrogen and oxygen atoms in total. The molecule has 0 bridgehead atoms. The van der Waals surface area contributed by atoms with Crippen molar-refractivity contribution in [3.05, 3.63) is 34.3 Å². The topological polar surface area (TPSA) is 46.2 Å². The first-order valence-corrected chi connectivity index (χ1v) is 8.76. The number of nitrogens with one attached hydrogen (secondary N) is 1. The first-order valence-electron chi connectivity index (χ1n) is 6.02. The van der Waals surface area contributed by atoms with Crippen molar-refractivity contribution in [1.29, 1.82) is 0 Å². The molecule has 0 amide bonds. The summed E-state index contributed by atoms with van der Waals surface area (Å²) in [6.45, 7) is 4.51. The Bertz CT molecular complexity index is 488. The minimum atomic E-state index is -3.03. The number of hydrogen-bond acceptors (Lipinski definition) is 3. The van der Waals surface area contributed by atoms with Crippen LogP contribution in [0.5, 0.6) is 0 Å². The van der Waals surface area contributed by atoms with Crippen LogP contribution in [0.15, 0.2) is 28.7 Å². The smallest absolute Gasteiger partial charge is 0.151 e. The van der Waals surface area contributed by atoms with Gasteiger partial charge in [0, 0.05) is 16.8 Å². The van der Waals surface area contributed by atoms with E-state index in [1.54, 1.807) is 6.92 Å². The lowest BCUT2D eigenvalue weighted by molar-refractivity contribution is 0.493. The van der Waals surface area contributed by atoms with E-state index in [9.17, 15) is 8.42 Å². The van der Waals surface area contributed by atoms with Crippen LogP contribution < -0.4 is 5.32 Å². The maximum atomic E-state index is 11.7. The van der Waals surface area contributed by atoms with Gasteiger partial charge in [0.05, 0.1) is 5.25 Å². The zero-order valence-electron chi connectivity index (χ0n) is 11.0. The number of rotatable bonds is 6. The average Bonchev–Trinajstić information content (AvgIpc) is 2.29. The summed E-state index contributed by atoms with van der Waals surface area (Å²) in [6.07, 6.45) is 1.99. The molecule has 0 spiro atoms. The second kappa shape index (κ2) is 6.68. The van der Waals surface area contributed by atoms with E-state index in [0.717, 1.165) is 16.6 Å². The van der Waals surface area contributed by atoms with E-state index < -0.39 is 15.1 Å². The van der Waals surface area contributed by atoms with Crippen molar-refractivity contribution in [3.63, 3.8) is 0 Å². The van der Waals surface area contributed by atoms with Crippen LogP contribution in [0.1, 0.15) is 19.4 Å². The normalized spacial score (nSPS) is 15.3. The molecule has 2 unspecified atom stereocenters. The molecule has 1 rings (SSSR count). The van der Waals surface area contributed by atoms with Crippen molar-refractivity contribution >= 4 is 25.8 Å². The highest BCUT2D eigenvalue weighted by molar-refractivity contribution is 9.10. The summed E-state index contributed by atoms with van der Waals surface area (Å²) in [7, 11) is -3.03. The molecule has 0 heterocycles. The fraction of sp³-hybridized carbons (Fsp3) is 0.538. The summed E-state index contributed by atoms with van der Waals surface area (Å²) >= 11 is 3.50. The van der Waals surface area contributed by atoms with Gasteiger partial charge in [0.15, 0.2) is 9.84 Å². The minimum Gasteiger partial charge on any atom is -0.313 e. The standard InChI is InChI=1S/C13H20BrNO2S/c1-4-15-13(10(2)18(3,16)17)9-11-7-5-6-8-12(11)14/h5-8,10,13,15H,4,9H2,1-3H3. The first kappa shape index (κ1) is 15.7. The fourth-order valence-corrected chi connectivity index (χ4v) is 3.10. The summed E-state index contributed by atoms with van der Waals surface area (Å²) in [5.74, 6) is 0. The third-order valence-electron chi connectivity index (χ3n) is 3.11. The van der Waals surface area contributed by atoms with Crippen LogP contribution in [0.3, 0.4) is 0 Å². The third kappa shape index (κ3) is 4.37. The Morgan fingerprint density at radius 1 is 1.33 bits per heavy atom. The summed E-state index contributed by atoms with van der Waals surface area (Å²) < 4.78 is 24.4. The van der Waals surface area contributed by atoms with E-state index in [1.165, 1.54) is 6.26 Å². The van der Waals surface area contributed by atoms with Gasteiger partial charge >= 0.3 is 0 Å². The second-order valence-electron chi connectivity index (χ2n) is 4.49. The van der Waals surface area contributed by atoms with Crippen molar-refractivity contribution < 1.29 is 8.42 Å². The van der Waals surface area contributed by atoms with Crippen molar-refractivity contribution in [2.75, 3.05) is 12.8 Å². The van der Waals surface area contributed by atoms with E-state index in [1.807, 2.05) is 31.2 Å². The Kier molecular flexibility index (Phi) is 5.82. The number of likely N-dealkylation sites (N-methyl/N-ethyl adjacent to an activating group) is 1. The Morgan fingerprint density at radius 2 is 1.94 bits per heavy atom. The Labute approximate surface area is 118 Å². The van der Waals surface area contributed by atoms with Gasteiger partial charge in [-0.3, -0.25) is 0 Å². The summed E-state index contributed by atoms with van der Waals surface area (Å²) in [5, 5.41) is 2.87. The molecule has 0 saturated heterocycles. The van der Waals surface area contributed by atoms with Gasteiger partial charge in [-0.1, -0.05) is 41.1 Å². The molecule has 1 aromatic carbocycles. The van der Waals surface area contributed by atoms with Gasteiger partial charge in [-0.15, -0.1) is 0 Å². The van der Waals surface area contributed by atoms with Crippen LogP contribution in [-0.2, 0) is 16.3 Å². The van der Waals surface area contributed by atoms with Gasteiger partial charge in [-0.05, 0) is 31.5 Å². The molecular formula is C13H20BrNO2S. The quantitative estimate of drug-likeness (QED) is 0.869. The molecule has 5 heteroatoms. The zero-order chi connectivity index (χ0) is 13.8. The van der Waals surface area contributed by atoms with Gasteiger partial charge in [0.2, 0.25) is 0 Å². The average molecular weight is 334 g/mol. The summed E-state index contributed by atoms with van der Waals surface area (Å²) in [4.78, 5) is 0. The van der Waals surface area contributed by atoms with Crippen LogP contribution in [0.2, 0.25) is 0 Å². The predicted molar refractivity (Wildman–Crippen MR) is 79.6 cm³/mol. The SMILES string of the molecule is CCNC(Cc1ccccc1Br)C(C)S(C)(=O)=O. The molecule has 18 heavy (non-hydrogen) atoms. The first-order chi connectivity index (χ1) is 8.36. The highest BCUT2D eigenvalue weighted by Gasteiger charge is 2.25. The molecule has 1 aromatic rings. The summed E-state index contributed by atoms with van der Waals surface area (Å²) in [5.41, 5.74) is 1.12. The monoisotopic (exact) mass is 333 g/mol. The number of hydrogen-bond donors (Lipinski definition) is 1. The lowest BCUT2D eigenvalue weighted by Crippen LogP contribution is -2.43. The molecule has 0 fully saturated rings. The fourth-order valence-electron chi connectivity index (χ4n) is 1.87. The molecule has 102 valence electrons. The van der Waals surface area contributed by atoms with Gasteiger partial charge in [-0.2, -0.15) is 0 Å². The molecule has 0 aliphatic heterocycles. The molecule has 0 aromatic heterocycles. The van der Waals surface area contributed by atoms with Gasteiger partial charge in [-0.25, -0.2) is 8.42 Å². The largest absolute Gasteiger partial charge is 0.313 e. The molecule has 0 radical (unpaired) electrons. The molecule has 0 aliphatic carbocycles. The maximum Gasteiger partial charge on any atom is 0.151 e. The zero-order valence-corrected chi connectivity index (χ0v) is 13.4. The second-order valence-corrected chi connectivity index (χ2v) is 7.75. The Balaban J connectivity index is 2.91. The van der Waals surface area contributed by atoms with Crippen LogP contribution in [0.4, 0.5) is 0 Å². The molecule has 0 aliphatic rings. The summed E-state index contributed by atoms with van der Waals surface area (Å²) in [6, 6.07) is 7.85. The number of halogens is 1. The highest BCUT2D eigenvalue weighted by atomic mass is 79.9. The molecular weight excluding hydrogens is 314 g/mol. The Morgan fingerprint density at radius 3 is 2.44 bits per heavy atom. The van der Waals surface area contributed by atoms with E-state index in [-0.39, 0.29) is 6.04 Å². The predicted octanol–water partition coefficient (Wildman–Crippen LogP) is 2.40. The highest BCUT2D eigenvalue weighted by Crippen LogP contribution is 2.19. The van der Waals surface area contributed by atoms with Crippen molar-refractivity contribution in [2.24, 2.45) is 0 Å². The van der Waals surface area contributed by atoms with E-state index in [0.29, 0.717) is 6.42 Å². The van der Waals surface area contributed by atoms with Crippen molar-refractivity contribution in [2.45, 2.75) is 31.6 Å².